The molecule has 3 rings (SSSR count). The van der Waals surface area contributed by atoms with Gasteiger partial charge in [0.15, 0.2) is 0 Å². The van der Waals surface area contributed by atoms with Crippen molar-refractivity contribution >= 4 is 5.91 Å². The molecular formula is C20H28N4O. The number of rotatable bonds is 6. The van der Waals surface area contributed by atoms with Crippen molar-refractivity contribution in [3.05, 3.63) is 53.6 Å². The van der Waals surface area contributed by atoms with E-state index in [-0.39, 0.29) is 5.91 Å². The van der Waals surface area contributed by atoms with Crippen LogP contribution in [0.1, 0.15) is 29.8 Å². The van der Waals surface area contributed by atoms with E-state index in [0.29, 0.717) is 12.5 Å². The molecular weight excluding hydrogens is 312 g/mol. The molecule has 0 saturated carbocycles. The van der Waals surface area contributed by atoms with E-state index < -0.39 is 0 Å². The van der Waals surface area contributed by atoms with E-state index in [1.54, 1.807) is 6.20 Å². The second-order valence-electron chi connectivity index (χ2n) is 7.09. The van der Waals surface area contributed by atoms with Crippen molar-refractivity contribution in [1.29, 1.82) is 0 Å². The molecule has 0 spiro atoms. The number of carbonyl (C=O) groups excluding carboxylic acids is 1. The first-order chi connectivity index (χ1) is 12.0. The van der Waals surface area contributed by atoms with Crippen molar-refractivity contribution in [2.24, 2.45) is 0 Å². The summed E-state index contributed by atoms with van der Waals surface area (Å²) in [6, 6.07) is 9.01. The fraction of sp³-hybridized carbons (Fsp3) is 0.500. The van der Waals surface area contributed by atoms with Crippen LogP contribution < -0.4 is 0 Å². The number of imidazole rings is 1. The van der Waals surface area contributed by atoms with Gasteiger partial charge in [-0.1, -0.05) is 24.3 Å². The molecule has 1 aliphatic rings. The van der Waals surface area contributed by atoms with Crippen LogP contribution >= 0.6 is 0 Å². The molecule has 5 heteroatoms. The number of hydrogen-bond acceptors (Lipinski definition) is 3. The van der Waals surface area contributed by atoms with Crippen LogP contribution in [0.3, 0.4) is 0 Å². The van der Waals surface area contributed by atoms with Crippen molar-refractivity contribution in [1.82, 2.24) is 19.4 Å². The molecule has 0 fully saturated rings. The summed E-state index contributed by atoms with van der Waals surface area (Å²) in [7, 11) is 4.08. The van der Waals surface area contributed by atoms with Gasteiger partial charge in [0.25, 0.3) is 0 Å². The Morgan fingerprint density at radius 1 is 1.32 bits per heavy atom. The number of fused-ring (bicyclic) bond motifs is 1. The van der Waals surface area contributed by atoms with E-state index in [4.69, 9.17) is 0 Å². The molecule has 1 aromatic heterocycles. The van der Waals surface area contributed by atoms with Gasteiger partial charge in [-0.25, -0.2) is 4.98 Å². The first kappa shape index (κ1) is 17.7. The summed E-state index contributed by atoms with van der Waals surface area (Å²) in [6.07, 6.45) is 6.22. The Hall–Kier alpha value is -2.14. The van der Waals surface area contributed by atoms with E-state index in [9.17, 15) is 4.79 Å². The van der Waals surface area contributed by atoms with Gasteiger partial charge in [0, 0.05) is 51.5 Å². The van der Waals surface area contributed by atoms with Gasteiger partial charge in [-0.15, -0.1) is 0 Å². The minimum absolute atomic E-state index is 0.227. The van der Waals surface area contributed by atoms with Gasteiger partial charge in [0.05, 0.1) is 0 Å². The maximum atomic E-state index is 12.5. The molecule has 0 saturated heterocycles. The van der Waals surface area contributed by atoms with Crippen molar-refractivity contribution in [3.8, 4) is 0 Å². The molecule has 0 radical (unpaired) electrons. The predicted octanol–water partition coefficient (Wildman–Crippen LogP) is 2.49. The Labute approximate surface area is 150 Å². The van der Waals surface area contributed by atoms with E-state index in [1.165, 1.54) is 11.1 Å². The highest BCUT2D eigenvalue weighted by molar-refractivity contribution is 5.75. The summed E-state index contributed by atoms with van der Waals surface area (Å²) in [4.78, 5) is 20.9. The van der Waals surface area contributed by atoms with Gasteiger partial charge in [-0.05, 0) is 37.9 Å². The Bertz CT molecular complexity index is 724. The van der Waals surface area contributed by atoms with Crippen molar-refractivity contribution in [2.75, 3.05) is 20.6 Å². The van der Waals surface area contributed by atoms with Gasteiger partial charge >= 0.3 is 0 Å². The summed E-state index contributed by atoms with van der Waals surface area (Å²) in [6.45, 7) is 4.59. The first-order valence-corrected chi connectivity index (χ1v) is 9.03. The predicted molar refractivity (Wildman–Crippen MR) is 99.2 cm³/mol. The summed E-state index contributed by atoms with van der Waals surface area (Å²) < 4.78 is 2.10. The quantitative estimate of drug-likeness (QED) is 0.811. The number of hydrogen-bond donors (Lipinski definition) is 0. The number of benzene rings is 1. The SMILES string of the molecule is Cc1nccn1CCCC(=O)N(C)CC1Cc2ccccc2CN1C. The molecule has 0 N–H and O–H groups in total. The second kappa shape index (κ2) is 7.83. The van der Waals surface area contributed by atoms with Crippen molar-refractivity contribution in [3.63, 3.8) is 0 Å². The van der Waals surface area contributed by atoms with Gasteiger partial charge in [-0.3, -0.25) is 9.69 Å². The molecule has 5 nitrogen and oxygen atoms in total. The fourth-order valence-electron chi connectivity index (χ4n) is 3.57. The van der Waals surface area contributed by atoms with Crippen LogP contribution in [-0.4, -0.2) is 51.9 Å². The van der Waals surface area contributed by atoms with Crippen LogP contribution in [0.15, 0.2) is 36.7 Å². The van der Waals surface area contributed by atoms with E-state index in [1.807, 2.05) is 25.1 Å². The molecule has 0 aliphatic carbocycles. The molecule has 1 unspecified atom stereocenters. The van der Waals surface area contributed by atoms with E-state index >= 15 is 0 Å². The van der Waals surface area contributed by atoms with E-state index in [2.05, 4.69) is 45.8 Å². The second-order valence-corrected chi connectivity index (χ2v) is 7.09. The normalized spacial score (nSPS) is 17.3. The molecule has 2 heterocycles. The van der Waals surface area contributed by atoms with Crippen LogP contribution in [0.4, 0.5) is 0 Å². The zero-order valence-corrected chi connectivity index (χ0v) is 15.5. The number of nitrogens with zero attached hydrogens (tertiary/aromatic N) is 4. The summed E-state index contributed by atoms with van der Waals surface area (Å²) in [5.41, 5.74) is 2.83. The summed E-state index contributed by atoms with van der Waals surface area (Å²) in [5.74, 6) is 1.23. The number of aryl methyl sites for hydroxylation is 2. The molecule has 1 atom stereocenters. The lowest BCUT2D eigenvalue weighted by Gasteiger charge is -2.36. The number of carbonyl (C=O) groups is 1. The third-order valence-corrected chi connectivity index (χ3v) is 5.24. The maximum Gasteiger partial charge on any atom is 0.222 e. The molecule has 1 aliphatic heterocycles. The maximum absolute atomic E-state index is 12.5. The average molecular weight is 340 g/mol. The lowest BCUT2D eigenvalue weighted by Crippen LogP contribution is -2.46. The van der Waals surface area contributed by atoms with Crippen LogP contribution in [0, 0.1) is 6.92 Å². The highest BCUT2D eigenvalue weighted by atomic mass is 16.2. The highest BCUT2D eigenvalue weighted by Gasteiger charge is 2.25. The minimum atomic E-state index is 0.227. The average Bonchev–Trinajstić information content (AvgIpc) is 3.00. The smallest absolute Gasteiger partial charge is 0.222 e. The Morgan fingerprint density at radius 2 is 2.08 bits per heavy atom. The largest absolute Gasteiger partial charge is 0.344 e. The number of likely N-dealkylation sites (N-methyl/N-ethyl adjacent to an activating group) is 2. The van der Waals surface area contributed by atoms with Gasteiger partial charge in [0.1, 0.15) is 5.82 Å². The molecule has 25 heavy (non-hydrogen) atoms. The Morgan fingerprint density at radius 3 is 2.80 bits per heavy atom. The van der Waals surface area contributed by atoms with Crippen molar-refractivity contribution < 1.29 is 4.79 Å². The van der Waals surface area contributed by atoms with Crippen LogP contribution in [0.2, 0.25) is 0 Å². The number of amides is 1. The van der Waals surface area contributed by atoms with Crippen LogP contribution in [0.25, 0.3) is 0 Å². The lowest BCUT2D eigenvalue weighted by molar-refractivity contribution is -0.130. The Balaban J connectivity index is 1.49. The first-order valence-electron chi connectivity index (χ1n) is 9.03. The van der Waals surface area contributed by atoms with Gasteiger partial charge < -0.3 is 9.47 Å². The number of aromatic nitrogens is 2. The van der Waals surface area contributed by atoms with Crippen LogP contribution in [-0.2, 0) is 24.3 Å². The topological polar surface area (TPSA) is 41.4 Å². The standard InChI is InChI=1S/C20H28N4O/c1-16-21-10-12-24(16)11-6-9-20(25)23(3)15-19-13-17-7-4-5-8-18(17)14-22(19)2/h4-5,7-8,10,12,19H,6,9,11,13-15H2,1-3H3. The van der Waals surface area contributed by atoms with E-state index in [0.717, 1.165) is 38.3 Å². The Kier molecular flexibility index (Phi) is 5.53. The fourth-order valence-corrected chi connectivity index (χ4v) is 3.57. The summed E-state index contributed by atoms with van der Waals surface area (Å²) in [5, 5.41) is 0. The van der Waals surface area contributed by atoms with Crippen LogP contribution in [0.5, 0.6) is 0 Å². The van der Waals surface area contributed by atoms with Crippen molar-refractivity contribution in [2.45, 2.75) is 45.3 Å². The third kappa shape index (κ3) is 4.28. The zero-order valence-electron chi connectivity index (χ0n) is 15.5. The lowest BCUT2D eigenvalue weighted by atomic mass is 9.94. The monoisotopic (exact) mass is 340 g/mol. The molecule has 1 amide bonds. The minimum Gasteiger partial charge on any atom is -0.344 e. The highest BCUT2D eigenvalue weighted by Crippen LogP contribution is 2.22. The molecule has 134 valence electrons. The summed E-state index contributed by atoms with van der Waals surface area (Å²) >= 11 is 0. The molecule has 2 aromatic rings. The zero-order chi connectivity index (χ0) is 17.8. The van der Waals surface area contributed by atoms with Gasteiger partial charge in [0.2, 0.25) is 5.91 Å². The third-order valence-electron chi connectivity index (χ3n) is 5.24. The molecule has 0 bridgehead atoms. The van der Waals surface area contributed by atoms with Gasteiger partial charge in [-0.2, -0.15) is 0 Å². The molecule has 1 aromatic carbocycles.